The van der Waals surface area contributed by atoms with E-state index in [2.05, 4.69) is 6.58 Å². The van der Waals surface area contributed by atoms with E-state index in [-0.39, 0.29) is 17.9 Å². The van der Waals surface area contributed by atoms with E-state index in [0.29, 0.717) is 6.42 Å². The number of aldehydes is 1. The monoisotopic (exact) mass is 209 g/mol. The zero-order valence-electron chi connectivity index (χ0n) is 9.53. The van der Waals surface area contributed by atoms with Crippen LogP contribution in [0, 0.1) is 5.92 Å². The van der Waals surface area contributed by atoms with Gasteiger partial charge in [-0.15, -0.1) is 6.58 Å². The number of carbonyl (C=O) groups excluding carboxylic acids is 2. The third-order valence-corrected chi connectivity index (χ3v) is 2.82. The quantitative estimate of drug-likeness (QED) is 0.523. The first kappa shape index (κ1) is 12.0. The Bertz CT molecular complexity index is 273. The van der Waals surface area contributed by atoms with Gasteiger partial charge in [0.2, 0.25) is 5.91 Å². The highest BCUT2D eigenvalue weighted by atomic mass is 16.2. The lowest BCUT2D eigenvalue weighted by molar-refractivity contribution is -0.137. The van der Waals surface area contributed by atoms with Gasteiger partial charge in [-0.25, -0.2) is 0 Å². The molecule has 0 aliphatic carbocycles. The second-order valence-electron chi connectivity index (χ2n) is 4.44. The fourth-order valence-corrected chi connectivity index (χ4v) is 2.10. The van der Waals surface area contributed by atoms with E-state index in [0.717, 1.165) is 31.2 Å². The van der Waals surface area contributed by atoms with Gasteiger partial charge in [0, 0.05) is 12.5 Å². The van der Waals surface area contributed by atoms with Gasteiger partial charge in [0.1, 0.15) is 6.29 Å². The molecule has 1 aliphatic rings. The van der Waals surface area contributed by atoms with E-state index < -0.39 is 0 Å². The smallest absolute Gasteiger partial charge is 0.226 e. The van der Waals surface area contributed by atoms with Crippen LogP contribution in [0.15, 0.2) is 12.2 Å². The highest BCUT2D eigenvalue weighted by molar-refractivity contribution is 5.82. The van der Waals surface area contributed by atoms with Gasteiger partial charge in [-0.1, -0.05) is 12.5 Å². The van der Waals surface area contributed by atoms with Gasteiger partial charge in [0.25, 0.3) is 0 Å². The van der Waals surface area contributed by atoms with E-state index in [9.17, 15) is 9.59 Å². The summed E-state index contributed by atoms with van der Waals surface area (Å²) in [6.45, 7) is 8.35. The first-order chi connectivity index (χ1) is 7.06. The molecule has 0 N–H and O–H groups in total. The van der Waals surface area contributed by atoms with Crippen molar-refractivity contribution in [1.82, 2.24) is 4.90 Å². The Labute approximate surface area is 91.1 Å². The molecule has 0 saturated carbocycles. The highest BCUT2D eigenvalue weighted by Gasteiger charge is 2.30. The normalized spacial score (nSPS) is 22.5. The molecule has 0 aromatic heterocycles. The Hall–Kier alpha value is -1.12. The van der Waals surface area contributed by atoms with Crippen molar-refractivity contribution in [2.45, 2.75) is 39.2 Å². The number of likely N-dealkylation sites (tertiary alicyclic amines) is 1. The van der Waals surface area contributed by atoms with Crippen molar-refractivity contribution in [3.05, 3.63) is 12.2 Å². The van der Waals surface area contributed by atoms with Crippen molar-refractivity contribution in [3.8, 4) is 0 Å². The molecule has 1 saturated heterocycles. The first-order valence-electron chi connectivity index (χ1n) is 5.46. The van der Waals surface area contributed by atoms with Crippen LogP contribution in [0.3, 0.4) is 0 Å². The van der Waals surface area contributed by atoms with E-state index in [1.807, 2.05) is 13.8 Å². The van der Waals surface area contributed by atoms with Crippen LogP contribution in [0.25, 0.3) is 0 Å². The number of hydrogen-bond acceptors (Lipinski definition) is 2. The van der Waals surface area contributed by atoms with Crippen LogP contribution in [-0.2, 0) is 9.59 Å². The predicted molar refractivity (Wildman–Crippen MR) is 59.4 cm³/mol. The van der Waals surface area contributed by atoms with Crippen LogP contribution >= 0.6 is 0 Å². The topological polar surface area (TPSA) is 37.4 Å². The van der Waals surface area contributed by atoms with Crippen LogP contribution in [0.2, 0.25) is 0 Å². The van der Waals surface area contributed by atoms with Crippen LogP contribution in [0.4, 0.5) is 0 Å². The van der Waals surface area contributed by atoms with Gasteiger partial charge in [-0.3, -0.25) is 4.79 Å². The molecule has 84 valence electrons. The average molecular weight is 209 g/mol. The van der Waals surface area contributed by atoms with Gasteiger partial charge in [-0.05, 0) is 26.2 Å². The number of nitrogens with zero attached hydrogens (tertiary/aromatic N) is 1. The minimum Gasteiger partial charge on any atom is -0.333 e. The molecule has 0 radical (unpaired) electrons. The zero-order chi connectivity index (χ0) is 11.4. The Kier molecular flexibility index (Phi) is 4.06. The molecule has 15 heavy (non-hydrogen) atoms. The number of amides is 1. The molecule has 2 atom stereocenters. The Morgan fingerprint density at radius 2 is 2.33 bits per heavy atom. The summed E-state index contributed by atoms with van der Waals surface area (Å²) < 4.78 is 0. The van der Waals surface area contributed by atoms with Crippen LogP contribution < -0.4 is 0 Å². The standard InChI is InChI=1S/C12H19NO2/c1-9(2)7-10(3)12(15)13-6-4-5-11(13)8-14/h8,10-11H,1,4-7H2,2-3H3/t10-,11-/m0/s1. The minimum absolute atomic E-state index is 0.0527. The lowest BCUT2D eigenvalue weighted by atomic mass is 10.0. The van der Waals surface area contributed by atoms with E-state index in [1.54, 1.807) is 4.90 Å². The van der Waals surface area contributed by atoms with Gasteiger partial charge in [0.15, 0.2) is 0 Å². The number of rotatable bonds is 4. The van der Waals surface area contributed by atoms with Crippen molar-refractivity contribution < 1.29 is 9.59 Å². The summed E-state index contributed by atoms with van der Waals surface area (Å²) in [6.07, 6.45) is 3.35. The first-order valence-corrected chi connectivity index (χ1v) is 5.46. The molecule has 0 bridgehead atoms. The predicted octanol–water partition coefficient (Wildman–Crippen LogP) is 1.78. The Morgan fingerprint density at radius 3 is 2.87 bits per heavy atom. The van der Waals surface area contributed by atoms with Crippen LogP contribution in [0.1, 0.15) is 33.1 Å². The summed E-state index contributed by atoms with van der Waals surface area (Å²) in [5.74, 6) is 0.0376. The van der Waals surface area contributed by atoms with Crippen molar-refractivity contribution in [2.75, 3.05) is 6.54 Å². The minimum atomic E-state index is -0.190. The molecular formula is C12H19NO2. The molecular weight excluding hydrogens is 190 g/mol. The summed E-state index contributed by atoms with van der Waals surface area (Å²) in [5.41, 5.74) is 1.01. The highest BCUT2D eigenvalue weighted by Crippen LogP contribution is 2.20. The summed E-state index contributed by atoms with van der Waals surface area (Å²) in [5, 5.41) is 0. The van der Waals surface area contributed by atoms with Crippen molar-refractivity contribution in [1.29, 1.82) is 0 Å². The molecule has 1 rings (SSSR count). The zero-order valence-corrected chi connectivity index (χ0v) is 9.53. The fraction of sp³-hybridized carbons (Fsp3) is 0.667. The Morgan fingerprint density at radius 1 is 1.67 bits per heavy atom. The van der Waals surface area contributed by atoms with Crippen LogP contribution in [-0.4, -0.2) is 29.7 Å². The van der Waals surface area contributed by atoms with Crippen molar-refractivity contribution >= 4 is 12.2 Å². The third kappa shape index (κ3) is 2.91. The summed E-state index contributed by atoms with van der Waals surface area (Å²) >= 11 is 0. The van der Waals surface area contributed by atoms with E-state index in [4.69, 9.17) is 0 Å². The second kappa shape index (κ2) is 5.10. The molecule has 1 amide bonds. The van der Waals surface area contributed by atoms with Gasteiger partial charge < -0.3 is 9.69 Å². The van der Waals surface area contributed by atoms with Crippen molar-refractivity contribution in [3.63, 3.8) is 0 Å². The maximum Gasteiger partial charge on any atom is 0.226 e. The molecule has 1 fully saturated rings. The molecule has 1 aliphatic heterocycles. The molecule has 0 aromatic rings. The van der Waals surface area contributed by atoms with E-state index >= 15 is 0 Å². The number of carbonyl (C=O) groups is 2. The molecule has 3 nitrogen and oxygen atoms in total. The number of allylic oxidation sites excluding steroid dienone is 1. The summed E-state index contributed by atoms with van der Waals surface area (Å²) in [7, 11) is 0. The fourth-order valence-electron chi connectivity index (χ4n) is 2.10. The van der Waals surface area contributed by atoms with Crippen molar-refractivity contribution in [2.24, 2.45) is 5.92 Å². The average Bonchev–Trinajstić information content (AvgIpc) is 2.62. The summed E-state index contributed by atoms with van der Waals surface area (Å²) in [4.78, 5) is 24.4. The van der Waals surface area contributed by atoms with Gasteiger partial charge in [-0.2, -0.15) is 0 Å². The number of hydrogen-bond donors (Lipinski definition) is 0. The largest absolute Gasteiger partial charge is 0.333 e. The third-order valence-electron chi connectivity index (χ3n) is 2.82. The van der Waals surface area contributed by atoms with E-state index in [1.165, 1.54) is 0 Å². The molecule has 0 spiro atoms. The second-order valence-corrected chi connectivity index (χ2v) is 4.44. The van der Waals surface area contributed by atoms with Crippen LogP contribution in [0.5, 0.6) is 0 Å². The lowest BCUT2D eigenvalue weighted by Crippen LogP contribution is -2.39. The Balaban J connectivity index is 2.58. The molecule has 1 heterocycles. The molecule has 0 aromatic carbocycles. The summed E-state index contributed by atoms with van der Waals surface area (Å²) in [6, 6.07) is -0.190. The SMILES string of the molecule is C=C(C)C[C@H](C)C(=O)N1CCC[C@H]1C=O. The maximum atomic E-state index is 12.0. The maximum absolute atomic E-state index is 12.0. The van der Waals surface area contributed by atoms with Gasteiger partial charge in [0.05, 0.1) is 6.04 Å². The molecule has 0 unspecified atom stereocenters. The molecule has 3 heteroatoms. The van der Waals surface area contributed by atoms with Gasteiger partial charge >= 0.3 is 0 Å². The lowest BCUT2D eigenvalue weighted by Gasteiger charge is -2.24.